The van der Waals surface area contributed by atoms with Gasteiger partial charge >= 0.3 is 0 Å². The van der Waals surface area contributed by atoms with Crippen LogP contribution in [0.1, 0.15) is 11.3 Å². The number of H-pyrrole nitrogens is 1. The highest BCUT2D eigenvalue weighted by atomic mass is 35.5. The molecule has 5 N–H and O–H groups in total. The molecule has 96 valence electrons. The number of rotatable bonds is 2. The SMILES string of the molecule is N#Cc1n[nH]c2ccc(Cl)c(CC(=O)N=C(N)N)c12. The molecule has 0 fully saturated rings. The van der Waals surface area contributed by atoms with Gasteiger partial charge in [0.05, 0.1) is 11.9 Å². The van der Waals surface area contributed by atoms with Gasteiger partial charge in [-0.2, -0.15) is 15.4 Å². The highest BCUT2D eigenvalue weighted by Crippen LogP contribution is 2.28. The Labute approximate surface area is 112 Å². The summed E-state index contributed by atoms with van der Waals surface area (Å²) in [6, 6.07) is 5.23. The van der Waals surface area contributed by atoms with Crippen LogP contribution in [0.5, 0.6) is 0 Å². The van der Waals surface area contributed by atoms with Crippen molar-refractivity contribution >= 4 is 34.4 Å². The van der Waals surface area contributed by atoms with Crippen molar-refractivity contribution in [3.8, 4) is 6.07 Å². The lowest BCUT2D eigenvalue weighted by Crippen LogP contribution is -2.24. The first-order valence-corrected chi connectivity index (χ1v) is 5.58. The van der Waals surface area contributed by atoms with E-state index in [2.05, 4.69) is 15.2 Å². The van der Waals surface area contributed by atoms with Gasteiger partial charge in [-0.25, -0.2) is 0 Å². The van der Waals surface area contributed by atoms with Crippen LogP contribution >= 0.6 is 11.6 Å². The Morgan fingerprint density at radius 2 is 2.26 bits per heavy atom. The molecule has 19 heavy (non-hydrogen) atoms. The van der Waals surface area contributed by atoms with Gasteiger partial charge in [0.1, 0.15) is 6.07 Å². The number of hydrogen-bond acceptors (Lipinski definition) is 3. The van der Waals surface area contributed by atoms with E-state index in [0.717, 1.165) is 0 Å². The Hall–Kier alpha value is -2.59. The van der Waals surface area contributed by atoms with Crippen LogP contribution in [0, 0.1) is 11.3 Å². The largest absolute Gasteiger partial charge is 0.370 e. The molecule has 0 aliphatic carbocycles. The molecule has 0 radical (unpaired) electrons. The van der Waals surface area contributed by atoms with Gasteiger partial charge in [-0.15, -0.1) is 0 Å². The molecule has 2 rings (SSSR count). The van der Waals surface area contributed by atoms with Gasteiger partial charge in [0.25, 0.3) is 5.91 Å². The van der Waals surface area contributed by atoms with Crippen molar-refractivity contribution in [2.45, 2.75) is 6.42 Å². The van der Waals surface area contributed by atoms with E-state index in [1.54, 1.807) is 12.1 Å². The summed E-state index contributed by atoms with van der Waals surface area (Å²) in [5.41, 5.74) is 11.5. The number of nitrogens with zero attached hydrogens (tertiary/aromatic N) is 3. The smallest absolute Gasteiger partial charge is 0.253 e. The first-order valence-electron chi connectivity index (χ1n) is 5.21. The van der Waals surface area contributed by atoms with Crippen LogP contribution in [0.2, 0.25) is 5.02 Å². The zero-order chi connectivity index (χ0) is 14.0. The van der Waals surface area contributed by atoms with E-state index in [-0.39, 0.29) is 18.1 Å². The molecule has 0 unspecified atom stereocenters. The molecule has 0 saturated carbocycles. The van der Waals surface area contributed by atoms with Crippen molar-refractivity contribution < 1.29 is 4.79 Å². The Morgan fingerprint density at radius 3 is 2.89 bits per heavy atom. The van der Waals surface area contributed by atoms with Crippen molar-refractivity contribution in [2.75, 3.05) is 0 Å². The van der Waals surface area contributed by atoms with Gasteiger partial charge in [-0.3, -0.25) is 9.89 Å². The third-order valence-corrected chi connectivity index (χ3v) is 2.82. The van der Waals surface area contributed by atoms with E-state index < -0.39 is 5.91 Å². The fourth-order valence-electron chi connectivity index (χ4n) is 1.75. The number of halogens is 1. The van der Waals surface area contributed by atoms with E-state index in [9.17, 15) is 4.79 Å². The van der Waals surface area contributed by atoms with Crippen LogP contribution in [-0.2, 0) is 11.2 Å². The predicted octanol–water partition coefficient (Wildman–Crippen LogP) is 0.430. The summed E-state index contributed by atoms with van der Waals surface area (Å²) in [4.78, 5) is 15.0. The third kappa shape index (κ3) is 2.48. The van der Waals surface area contributed by atoms with Crippen LogP contribution in [0.4, 0.5) is 0 Å². The number of nitrogens with one attached hydrogen (secondary N) is 1. The van der Waals surface area contributed by atoms with Gasteiger partial charge in [-0.1, -0.05) is 11.6 Å². The zero-order valence-corrected chi connectivity index (χ0v) is 10.4. The second kappa shape index (κ2) is 4.96. The van der Waals surface area contributed by atoms with Crippen molar-refractivity contribution in [3.05, 3.63) is 28.4 Å². The number of amides is 1. The number of aromatic nitrogens is 2. The number of fused-ring (bicyclic) bond motifs is 1. The molecule has 2 aromatic rings. The topological polar surface area (TPSA) is 134 Å². The fourth-order valence-corrected chi connectivity index (χ4v) is 1.97. The molecule has 8 heteroatoms. The second-order valence-electron chi connectivity index (χ2n) is 3.74. The van der Waals surface area contributed by atoms with E-state index in [4.69, 9.17) is 28.3 Å². The van der Waals surface area contributed by atoms with Gasteiger partial charge in [0.2, 0.25) is 0 Å². The highest BCUT2D eigenvalue weighted by molar-refractivity contribution is 6.32. The van der Waals surface area contributed by atoms with E-state index >= 15 is 0 Å². The highest BCUT2D eigenvalue weighted by Gasteiger charge is 2.16. The number of carbonyl (C=O) groups excluding carboxylic acids is 1. The number of guanidine groups is 1. The molecule has 1 aromatic carbocycles. The van der Waals surface area contributed by atoms with Gasteiger partial charge in [0, 0.05) is 10.4 Å². The lowest BCUT2D eigenvalue weighted by molar-refractivity contribution is -0.117. The predicted molar refractivity (Wildman–Crippen MR) is 70.3 cm³/mol. The Balaban J connectivity index is 2.56. The van der Waals surface area contributed by atoms with Crippen LogP contribution < -0.4 is 11.5 Å². The average molecular weight is 277 g/mol. The summed E-state index contributed by atoms with van der Waals surface area (Å²) in [6.07, 6.45) is -0.109. The summed E-state index contributed by atoms with van der Waals surface area (Å²) >= 11 is 6.06. The minimum Gasteiger partial charge on any atom is -0.370 e. The monoisotopic (exact) mass is 276 g/mol. The molecular weight excluding hydrogens is 268 g/mol. The lowest BCUT2D eigenvalue weighted by Gasteiger charge is -2.03. The van der Waals surface area contributed by atoms with E-state index in [1.165, 1.54) is 0 Å². The number of aliphatic imine (C=N–C) groups is 1. The van der Waals surface area contributed by atoms with Crippen LogP contribution in [0.25, 0.3) is 10.9 Å². The number of nitriles is 1. The maximum Gasteiger partial charge on any atom is 0.253 e. The van der Waals surface area contributed by atoms with Gasteiger partial charge < -0.3 is 11.5 Å². The normalized spacial score (nSPS) is 10.1. The molecule has 1 amide bonds. The first-order chi connectivity index (χ1) is 9.02. The number of benzene rings is 1. The zero-order valence-electron chi connectivity index (χ0n) is 9.64. The molecular formula is C11H9ClN6O. The van der Waals surface area contributed by atoms with Crippen molar-refractivity contribution in [1.29, 1.82) is 5.26 Å². The number of hydrogen-bond donors (Lipinski definition) is 3. The Kier molecular flexibility index (Phi) is 3.35. The van der Waals surface area contributed by atoms with Crippen molar-refractivity contribution in [2.24, 2.45) is 16.5 Å². The van der Waals surface area contributed by atoms with Gasteiger partial charge in [-0.05, 0) is 17.7 Å². The summed E-state index contributed by atoms with van der Waals surface area (Å²) < 4.78 is 0. The molecule has 0 saturated heterocycles. The molecule has 0 spiro atoms. The summed E-state index contributed by atoms with van der Waals surface area (Å²) in [6.45, 7) is 0. The fraction of sp³-hybridized carbons (Fsp3) is 0.0909. The van der Waals surface area contributed by atoms with E-state index in [0.29, 0.717) is 21.5 Å². The molecule has 1 heterocycles. The van der Waals surface area contributed by atoms with Crippen molar-refractivity contribution in [1.82, 2.24) is 10.2 Å². The quantitative estimate of drug-likeness (QED) is 0.540. The Morgan fingerprint density at radius 1 is 1.53 bits per heavy atom. The second-order valence-corrected chi connectivity index (χ2v) is 4.15. The third-order valence-electron chi connectivity index (χ3n) is 2.47. The molecule has 0 aliphatic rings. The van der Waals surface area contributed by atoms with Gasteiger partial charge in [0.15, 0.2) is 11.7 Å². The standard InChI is InChI=1S/C11H9ClN6O/c12-6-1-2-7-10(8(4-13)18-17-7)5(6)3-9(19)16-11(14)15/h1-2H,3H2,(H,17,18)(H4,14,15,16,19). The van der Waals surface area contributed by atoms with E-state index in [1.807, 2.05) is 6.07 Å². The summed E-state index contributed by atoms with van der Waals surface area (Å²) in [5, 5.41) is 16.4. The van der Waals surface area contributed by atoms with Crippen molar-refractivity contribution in [3.63, 3.8) is 0 Å². The molecule has 0 bridgehead atoms. The Bertz CT molecular complexity index is 723. The van der Waals surface area contributed by atoms with Crippen LogP contribution in [-0.4, -0.2) is 22.1 Å². The molecule has 0 atom stereocenters. The van der Waals surface area contributed by atoms with Crippen LogP contribution in [0.3, 0.4) is 0 Å². The maximum atomic E-state index is 11.6. The summed E-state index contributed by atoms with van der Waals surface area (Å²) in [5.74, 6) is -0.861. The number of nitrogens with two attached hydrogens (primary N) is 2. The lowest BCUT2D eigenvalue weighted by atomic mass is 10.0. The number of aromatic amines is 1. The minimum atomic E-state index is -0.542. The maximum absolute atomic E-state index is 11.6. The molecule has 1 aromatic heterocycles. The minimum absolute atomic E-state index is 0.109. The molecule has 0 aliphatic heterocycles. The average Bonchev–Trinajstić information content (AvgIpc) is 2.75. The summed E-state index contributed by atoms with van der Waals surface area (Å²) in [7, 11) is 0. The number of carbonyl (C=O) groups is 1. The molecule has 7 nitrogen and oxygen atoms in total. The van der Waals surface area contributed by atoms with Crippen LogP contribution in [0.15, 0.2) is 17.1 Å². The first kappa shape index (κ1) is 12.9.